The van der Waals surface area contributed by atoms with Crippen LogP contribution in [0.5, 0.6) is 5.75 Å². The summed E-state index contributed by atoms with van der Waals surface area (Å²) in [6.45, 7) is 3.94. The van der Waals surface area contributed by atoms with E-state index in [0.29, 0.717) is 10.8 Å². The normalized spacial score (nSPS) is 10.3. The van der Waals surface area contributed by atoms with Crippen LogP contribution in [0, 0.1) is 13.8 Å². The summed E-state index contributed by atoms with van der Waals surface area (Å²) in [6, 6.07) is 1.82. The van der Waals surface area contributed by atoms with E-state index >= 15 is 0 Å². The topological polar surface area (TPSA) is 58.6 Å². The lowest BCUT2D eigenvalue weighted by Gasteiger charge is -2.15. The van der Waals surface area contributed by atoms with Crippen LogP contribution in [0.4, 0.5) is 0 Å². The smallest absolute Gasteiger partial charge is 0.224 e. The van der Waals surface area contributed by atoms with Crippen LogP contribution in [-0.2, 0) is 11.2 Å². The molecule has 0 bridgehead atoms. The van der Waals surface area contributed by atoms with Gasteiger partial charge in [0.25, 0.3) is 0 Å². The maximum absolute atomic E-state index is 11.7. The number of halogens is 1. The number of hydrogen-bond donors (Lipinski definition) is 2. The Morgan fingerprint density at radius 3 is 2.72 bits per heavy atom. The van der Waals surface area contributed by atoms with E-state index < -0.39 is 0 Å². The molecule has 1 aromatic rings. The molecule has 0 saturated carbocycles. The summed E-state index contributed by atoms with van der Waals surface area (Å²) in [7, 11) is 1.57. The van der Waals surface area contributed by atoms with Crippen molar-refractivity contribution >= 4 is 17.5 Å². The molecule has 0 aromatic heterocycles. The maximum Gasteiger partial charge on any atom is 0.224 e. The molecule has 0 aliphatic carbocycles. The Hall–Kier alpha value is -1.26. The lowest BCUT2D eigenvalue weighted by Crippen LogP contribution is -2.28. The van der Waals surface area contributed by atoms with Gasteiger partial charge in [-0.05, 0) is 31.0 Å². The first-order chi connectivity index (χ1) is 8.51. The summed E-state index contributed by atoms with van der Waals surface area (Å²) in [5.41, 5.74) is 2.56. The molecule has 0 aliphatic rings. The van der Waals surface area contributed by atoms with Gasteiger partial charge in [-0.2, -0.15) is 0 Å². The highest BCUT2D eigenvalue weighted by Crippen LogP contribution is 2.31. The molecule has 0 heterocycles. The van der Waals surface area contributed by atoms with Gasteiger partial charge in [-0.3, -0.25) is 4.79 Å². The van der Waals surface area contributed by atoms with Gasteiger partial charge in [0.15, 0.2) is 0 Å². The Kier molecular flexibility index (Phi) is 5.44. The van der Waals surface area contributed by atoms with Crippen LogP contribution in [0.3, 0.4) is 0 Å². The van der Waals surface area contributed by atoms with Gasteiger partial charge in [0, 0.05) is 17.1 Å². The third-order valence-electron chi connectivity index (χ3n) is 2.76. The maximum atomic E-state index is 11.7. The molecule has 0 unspecified atom stereocenters. The third-order valence-corrected chi connectivity index (χ3v) is 3.35. The van der Waals surface area contributed by atoms with Crippen LogP contribution in [0.25, 0.3) is 0 Å². The highest BCUT2D eigenvalue weighted by molar-refractivity contribution is 6.32. The molecule has 18 heavy (non-hydrogen) atoms. The minimum atomic E-state index is -0.162. The molecule has 0 spiro atoms. The van der Waals surface area contributed by atoms with Crippen LogP contribution < -0.4 is 10.1 Å². The molecule has 0 aliphatic heterocycles. The van der Waals surface area contributed by atoms with Gasteiger partial charge in [0.2, 0.25) is 5.91 Å². The van der Waals surface area contributed by atoms with Crippen LogP contribution >= 0.6 is 11.6 Å². The van der Waals surface area contributed by atoms with Gasteiger partial charge in [0.05, 0.1) is 20.1 Å². The van der Waals surface area contributed by atoms with Crippen molar-refractivity contribution < 1.29 is 14.6 Å². The van der Waals surface area contributed by atoms with Gasteiger partial charge in [0.1, 0.15) is 5.75 Å². The van der Waals surface area contributed by atoms with Crippen LogP contribution in [0.1, 0.15) is 16.7 Å². The average Bonchev–Trinajstić information content (AvgIpc) is 2.36. The highest BCUT2D eigenvalue weighted by Gasteiger charge is 2.15. The van der Waals surface area contributed by atoms with E-state index in [1.807, 2.05) is 19.9 Å². The first-order valence-corrected chi connectivity index (χ1v) is 6.09. The molecular weight excluding hydrogens is 254 g/mol. The molecule has 2 N–H and O–H groups in total. The molecule has 0 radical (unpaired) electrons. The van der Waals surface area contributed by atoms with Crippen LogP contribution in [-0.4, -0.2) is 31.3 Å². The largest absolute Gasteiger partial charge is 0.496 e. The number of benzene rings is 1. The molecule has 1 rings (SSSR count). The fourth-order valence-electron chi connectivity index (χ4n) is 1.78. The van der Waals surface area contributed by atoms with E-state index in [1.165, 1.54) is 0 Å². The fraction of sp³-hybridized carbons (Fsp3) is 0.462. The second-order valence-electron chi connectivity index (χ2n) is 4.06. The number of rotatable bonds is 5. The van der Waals surface area contributed by atoms with Crippen molar-refractivity contribution in [2.45, 2.75) is 20.3 Å². The Morgan fingerprint density at radius 1 is 1.50 bits per heavy atom. The van der Waals surface area contributed by atoms with Crippen molar-refractivity contribution in [3.8, 4) is 5.75 Å². The van der Waals surface area contributed by atoms with E-state index in [2.05, 4.69) is 5.32 Å². The Bertz CT molecular complexity index is 446. The number of nitrogens with one attached hydrogen (secondary N) is 1. The summed E-state index contributed by atoms with van der Waals surface area (Å²) in [6.07, 6.45) is 0.189. The first kappa shape index (κ1) is 14.8. The SMILES string of the molecule is COc1cc(C)c(Cl)c(C)c1CC(=O)NCCO. The van der Waals surface area contributed by atoms with E-state index in [9.17, 15) is 4.79 Å². The van der Waals surface area contributed by atoms with Crippen molar-refractivity contribution in [2.75, 3.05) is 20.3 Å². The van der Waals surface area contributed by atoms with E-state index in [0.717, 1.165) is 16.7 Å². The number of aryl methyl sites for hydroxylation is 1. The number of ether oxygens (including phenoxy) is 1. The van der Waals surface area contributed by atoms with Crippen LogP contribution in [0.2, 0.25) is 5.02 Å². The second-order valence-corrected chi connectivity index (χ2v) is 4.44. The summed E-state index contributed by atoms with van der Waals surface area (Å²) in [4.78, 5) is 11.7. The molecule has 0 fully saturated rings. The zero-order valence-corrected chi connectivity index (χ0v) is 11.6. The monoisotopic (exact) mass is 271 g/mol. The summed E-state index contributed by atoms with van der Waals surface area (Å²) in [5, 5.41) is 11.9. The molecule has 0 atom stereocenters. The van der Waals surface area contributed by atoms with Gasteiger partial charge in [-0.25, -0.2) is 0 Å². The number of aliphatic hydroxyl groups is 1. The molecule has 1 aromatic carbocycles. The minimum absolute atomic E-state index is 0.0729. The zero-order valence-electron chi connectivity index (χ0n) is 10.8. The van der Waals surface area contributed by atoms with E-state index in [1.54, 1.807) is 7.11 Å². The van der Waals surface area contributed by atoms with Crippen molar-refractivity contribution in [1.29, 1.82) is 0 Å². The lowest BCUT2D eigenvalue weighted by atomic mass is 10.0. The fourth-order valence-corrected chi connectivity index (χ4v) is 1.95. The first-order valence-electron chi connectivity index (χ1n) is 5.71. The number of methoxy groups -OCH3 is 1. The second kappa shape index (κ2) is 6.61. The molecule has 1 amide bonds. The molecule has 4 nitrogen and oxygen atoms in total. The van der Waals surface area contributed by atoms with Gasteiger partial charge in [-0.1, -0.05) is 11.6 Å². The van der Waals surface area contributed by atoms with E-state index in [-0.39, 0.29) is 25.5 Å². The number of carbonyl (C=O) groups excluding carboxylic acids is 1. The standard InChI is InChI=1S/C13H18ClNO3/c1-8-6-11(18-3)10(9(2)13(8)14)7-12(17)15-4-5-16/h6,16H,4-5,7H2,1-3H3,(H,15,17). The molecular formula is C13H18ClNO3. The Morgan fingerprint density at radius 2 is 2.17 bits per heavy atom. The predicted molar refractivity (Wildman–Crippen MR) is 71.3 cm³/mol. The van der Waals surface area contributed by atoms with Crippen molar-refractivity contribution in [3.05, 3.63) is 27.8 Å². The number of carbonyl (C=O) groups is 1. The van der Waals surface area contributed by atoms with Crippen molar-refractivity contribution in [1.82, 2.24) is 5.32 Å². The number of amides is 1. The highest BCUT2D eigenvalue weighted by atomic mass is 35.5. The van der Waals surface area contributed by atoms with Gasteiger partial charge in [-0.15, -0.1) is 0 Å². The molecule has 100 valence electrons. The van der Waals surface area contributed by atoms with Crippen molar-refractivity contribution in [2.24, 2.45) is 0 Å². The number of aliphatic hydroxyl groups excluding tert-OH is 1. The summed E-state index contributed by atoms with van der Waals surface area (Å²) < 4.78 is 5.28. The van der Waals surface area contributed by atoms with Gasteiger partial charge < -0.3 is 15.2 Å². The zero-order chi connectivity index (χ0) is 13.7. The van der Waals surface area contributed by atoms with E-state index in [4.69, 9.17) is 21.4 Å². The van der Waals surface area contributed by atoms with Crippen molar-refractivity contribution in [3.63, 3.8) is 0 Å². The quantitative estimate of drug-likeness (QED) is 0.856. The number of hydrogen-bond acceptors (Lipinski definition) is 3. The molecule has 0 saturated heterocycles. The third kappa shape index (κ3) is 3.37. The minimum Gasteiger partial charge on any atom is -0.496 e. The van der Waals surface area contributed by atoms with Crippen LogP contribution in [0.15, 0.2) is 6.07 Å². The van der Waals surface area contributed by atoms with Gasteiger partial charge >= 0.3 is 0 Å². The summed E-state index contributed by atoms with van der Waals surface area (Å²) in [5.74, 6) is 0.499. The average molecular weight is 272 g/mol. The lowest BCUT2D eigenvalue weighted by molar-refractivity contribution is -0.120. The molecule has 5 heteroatoms. The predicted octanol–water partition coefficient (Wildman–Crippen LogP) is 1.62. The summed E-state index contributed by atoms with van der Waals surface area (Å²) >= 11 is 6.17. The Balaban J connectivity index is 3.00. The Labute approximate surface area is 112 Å².